The number of ether oxygens (including phenoxy) is 1. The molecule has 0 atom stereocenters. The van der Waals surface area contributed by atoms with Gasteiger partial charge in [0.05, 0.1) is 17.7 Å². The molecule has 0 aromatic heterocycles. The molecule has 0 fully saturated rings. The molecule has 0 saturated heterocycles. The van der Waals surface area contributed by atoms with Crippen LogP contribution in [0.25, 0.3) is 0 Å². The van der Waals surface area contributed by atoms with Crippen molar-refractivity contribution in [2.24, 2.45) is 0 Å². The predicted octanol–water partition coefficient (Wildman–Crippen LogP) is 4.38. The van der Waals surface area contributed by atoms with E-state index in [1.54, 1.807) is 61.5 Å². The zero-order valence-electron chi connectivity index (χ0n) is 17.1. The minimum Gasteiger partial charge on any atom is -0.497 e. The van der Waals surface area contributed by atoms with Crippen LogP contribution in [0.4, 0.5) is 11.4 Å². The number of hydrogen-bond donors (Lipinski definition) is 0. The summed E-state index contributed by atoms with van der Waals surface area (Å²) < 4.78 is 32.7. The van der Waals surface area contributed by atoms with Gasteiger partial charge in [-0.2, -0.15) is 0 Å². The molecule has 0 N–H and O–H groups in total. The standard InChI is InChI=1S/C23H21ClN2O4S/c1-25(19-6-8-20(30-2)9-7-19)23(27)17-3-12-22-16(15-17)13-14-26(22)31(28,29)21-10-4-18(24)5-11-21/h3-12,15H,13-14H2,1-2H3. The summed E-state index contributed by atoms with van der Waals surface area (Å²) in [4.78, 5) is 14.7. The lowest BCUT2D eigenvalue weighted by Crippen LogP contribution is -2.29. The van der Waals surface area contributed by atoms with Crippen LogP contribution in [0.2, 0.25) is 5.02 Å². The van der Waals surface area contributed by atoms with Crippen LogP contribution in [-0.4, -0.2) is 35.0 Å². The van der Waals surface area contributed by atoms with E-state index in [1.807, 2.05) is 12.1 Å². The summed E-state index contributed by atoms with van der Waals surface area (Å²) in [6.07, 6.45) is 0.537. The van der Waals surface area contributed by atoms with Crippen molar-refractivity contribution in [1.82, 2.24) is 0 Å². The number of amides is 1. The lowest BCUT2D eigenvalue weighted by molar-refractivity contribution is 0.0993. The smallest absolute Gasteiger partial charge is 0.264 e. The SMILES string of the molecule is COc1ccc(N(C)C(=O)c2ccc3c(c2)CCN3S(=O)(=O)c2ccc(Cl)cc2)cc1. The number of anilines is 2. The van der Waals surface area contributed by atoms with Gasteiger partial charge in [-0.3, -0.25) is 9.10 Å². The van der Waals surface area contributed by atoms with Gasteiger partial charge in [0, 0.05) is 29.9 Å². The normalized spacial score (nSPS) is 13.1. The molecular formula is C23H21ClN2O4S. The molecule has 0 aliphatic carbocycles. The number of nitrogens with zero attached hydrogens (tertiary/aromatic N) is 2. The molecule has 0 saturated carbocycles. The molecule has 160 valence electrons. The van der Waals surface area contributed by atoms with Crippen LogP contribution < -0.4 is 13.9 Å². The topological polar surface area (TPSA) is 66.9 Å². The molecular weight excluding hydrogens is 436 g/mol. The van der Waals surface area contributed by atoms with Crippen LogP contribution in [0.15, 0.2) is 71.6 Å². The Labute approximate surface area is 186 Å². The maximum atomic E-state index is 13.1. The van der Waals surface area contributed by atoms with Crippen molar-refractivity contribution < 1.29 is 17.9 Å². The van der Waals surface area contributed by atoms with Crippen molar-refractivity contribution >= 4 is 38.9 Å². The van der Waals surface area contributed by atoms with E-state index < -0.39 is 10.0 Å². The number of carbonyl (C=O) groups is 1. The number of carbonyl (C=O) groups excluding carboxylic acids is 1. The maximum Gasteiger partial charge on any atom is 0.264 e. The summed E-state index contributed by atoms with van der Waals surface area (Å²) in [5.74, 6) is 0.538. The molecule has 0 unspecified atom stereocenters. The molecule has 1 aliphatic rings. The minimum absolute atomic E-state index is 0.174. The Morgan fingerprint density at radius 3 is 2.35 bits per heavy atom. The summed E-state index contributed by atoms with van der Waals surface area (Å²) in [6, 6.07) is 18.5. The first-order chi connectivity index (χ1) is 14.8. The fraction of sp³-hybridized carbons (Fsp3) is 0.174. The Kier molecular flexibility index (Phi) is 5.64. The molecule has 1 amide bonds. The molecule has 4 rings (SSSR count). The summed E-state index contributed by atoms with van der Waals surface area (Å²) >= 11 is 5.88. The fourth-order valence-corrected chi connectivity index (χ4v) is 5.23. The van der Waals surface area contributed by atoms with E-state index in [1.165, 1.54) is 16.4 Å². The third kappa shape index (κ3) is 3.98. The van der Waals surface area contributed by atoms with Gasteiger partial charge in [0.15, 0.2) is 0 Å². The highest BCUT2D eigenvalue weighted by atomic mass is 35.5. The Hall–Kier alpha value is -3.03. The molecule has 8 heteroatoms. The Morgan fingerprint density at radius 2 is 1.71 bits per heavy atom. The minimum atomic E-state index is -3.70. The summed E-state index contributed by atoms with van der Waals surface area (Å²) in [7, 11) is -0.409. The number of halogens is 1. The highest BCUT2D eigenvalue weighted by Crippen LogP contribution is 2.34. The van der Waals surface area contributed by atoms with Crippen LogP contribution in [0.3, 0.4) is 0 Å². The second-order valence-electron chi connectivity index (χ2n) is 7.19. The van der Waals surface area contributed by atoms with Gasteiger partial charge < -0.3 is 9.64 Å². The van der Waals surface area contributed by atoms with E-state index in [2.05, 4.69) is 0 Å². The van der Waals surface area contributed by atoms with Crippen molar-refractivity contribution in [3.63, 3.8) is 0 Å². The number of fused-ring (bicyclic) bond motifs is 1. The van der Waals surface area contributed by atoms with Gasteiger partial charge in [-0.15, -0.1) is 0 Å². The highest BCUT2D eigenvalue weighted by molar-refractivity contribution is 7.92. The highest BCUT2D eigenvalue weighted by Gasteiger charge is 2.31. The number of sulfonamides is 1. The van der Waals surface area contributed by atoms with Gasteiger partial charge >= 0.3 is 0 Å². The fourth-order valence-electron chi connectivity index (χ4n) is 3.60. The lowest BCUT2D eigenvalue weighted by atomic mass is 10.1. The zero-order chi connectivity index (χ0) is 22.2. The number of rotatable bonds is 5. The van der Waals surface area contributed by atoms with E-state index in [4.69, 9.17) is 16.3 Å². The van der Waals surface area contributed by atoms with E-state index in [9.17, 15) is 13.2 Å². The molecule has 3 aromatic rings. The maximum absolute atomic E-state index is 13.1. The van der Waals surface area contributed by atoms with Crippen LogP contribution in [-0.2, 0) is 16.4 Å². The van der Waals surface area contributed by atoms with Gasteiger partial charge in [0.1, 0.15) is 5.75 Å². The molecule has 6 nitrogen and oxygen atoms in total. The third-order valence-electron chi connectivity index (χ3n) is 5.35. The van der Waals surface area contributed by atoms with E-state index in [0.29, 0.717) is 35.0 Å². The molecule has 0 spiro atoms. The van der Waals surface area contributed by atoms with Gasteiger partial charge in [-0.25, -0.2) is 8.42 Å². The van der Waals surface area contributed by atoms with Crippen LogP contribution >= 0.6 is 11.6 Å². The molecule has 0 bridgehead atoms. The summed E-state index contributed by atoms with van der Waals surface area (Å²) in [6.45, 7) is 0.326. The molecule has 0 radical (unpaired) electrons. The van der Waals surface area contributed by atoms with Gasteiger partial charge in [-0.1, -0.05) is 11.6 Å². The second-order valence-corrected chi connectivity index (χ2v) is 9.49. The lowest BCUT2D eigenvalue weighted by Gasteiger charge is -2.21. The zero-order valence-corrected chi connectivity index (χ0v) is 18.7. The Bertz CT molecular complexity index is 1230. The quantitative estimate of drug-likeness (QED) is 0.571. The van der Waals surface area contributed by atoms with Crippen LogP contribution in [0.1, 0.15) is 15.9 Å². The Morgan fingerprint density at radius 1 is 1.03 bits per heavy atom. The Balaban J connectivity index is 1.59. The predicted molar refractivity (Wildman–Crippen MR) is 122 cm³/mol. The number of hydrogen-bond acceptors (Lipinski definition) is 4. The number of benzene rings is 3. The number of methoxy groups -OCH3 is 1. The van der Waals surface area contributed by atoms with E-state index in [-0.39, 0.29) is 10.8 Å². The largest absolute Gasteiger partial charge is 0.497 e. The first-order valence-corrected chi connectivity index (χ1v) is 11.5. The third-order valence-corrected chi connectivity index (χ3v) is 7.42. The molecule has 1 aliphatic heterocycles. The van der Waals surface area contributed by atoms with Crippen LogP contribution in [0.5, 0.6) is 5.75 Å². The van der Waals surface area contributed by atoms with Crippen molar-refractivity contribution in [1.29, 1.82) is 0 Å². The summed E-state index contributed by atoms with van der Waals surface area (Å²) in [5, 5.41) is 0.477. The second kappa shape index (κ2) is 8.24. The monoisotopic (exact) mass is 456 g/mol. The average molecular weight is 457 g/mol. The van der Waals surface area contributed by atoms with Gasteiger partial charge in [-0.05, 0) is 78.7 Å². The molecule has 3 aromatic carbocycles. The van der Waals surface area contributed by atoms with E-state index in [0.717, 1.165) is 11.3 Å². The first kappa shape index (κ1) is 21.2. The van der Waals surface area contributed by atoms with Gasteiger partial charge in [0.25, 0.3) is 15.9 Å². The summed E-state index contributed by atoms with van der Waals surface area (Å²) in [5.41, 5.74) is 2.66. The van der Waals surface area contributed by atoms with Crippen molar-refractivity contribution in [2.75, 3.05) is 29.9 Å². The first-order valence-electron chi connectivity index (χ1n) is 9.64. The molecule has 31 heavy (non-hydrogen) atoms. The van der Waals surface area contributed by atoms with E-state index >= 15 is 0 Å². The van der Waals surface area contributed by atoms with Gasteiger partial charge in [0.2, 0.25) is 0 Å². The van der Waals surface area contributed by atoms with Crippen molar-refractivity contribution in [3.8, 4) is 5.75 Å². The van der Waals surface area contributed by atoms with Crippen LogP contribution in [0, 0.1) is 0 Å². The average Bonchev–Trinajstić information content (AvgIpc) is 3.22. The van der Waals surface area contributed by atoms with Crippen molar-refractivity contribution in [2.45, 2.75) is 11.3 Å². The van der Waals surface area contributed by atoms with Crippen molar-refractivity contribution in [3.05, 3.63) is 82.9 Å². The molecule has 1 heterocycles.